The predicted molar refractivity (Wildman–Crippen MR) is 122 cm³/mol. The SMILES string of the molecule is CCc1c(C(=O)C(N)=O)c2c(O)nc(C)cn2c1Cc1ccccc1-c1ccc(C)s1. The van der Waals surface area contributed by atoms with Crippen LogP contribution in [0.4, 0.5) is 0 Å². The average Bonchev–Trinajstić information content (AvgIpc) is 3.29. The lowest BCUT2D eigenvalue weighted by molar-refractivity contribution is -0.114. The van der Waals surface area contributed by atoms with Crippen molar-refractivity contribution in [2.75, 3.05) is 0 Å². The highest BCUT2D eigenvalue weighted by Gasteiger charge is 2.28. The molecule has 0 unspecified atom stereocenters. The van der Waals surface area contributed by atoms with Gasteiger partial charge in [0, 0.05) is 28.1 Å². The molecule has 158 valence electrons. The average molecular weight is 434 g/mol. The number of ketones is 1. The summed E-state index contributed by atoms with van der Waals surface area (Å²) >= 11 is 1.73. The van der Waals surface area contributed by atoms with E-state index in [1.807, 2.05) is 19.1 Å². The summed E-state index contributed by atoms with van der Waals surface area (Å²) in [4.78, 5) is 31.0. The highest BCUT2D eigenvalue weighted by Crippen LogP contribution is 2.35. The van der Waals surface area contributed by atoms with Crippen molar-refractivity contribution in [1.29, 1.82) is 0 Å². The number of hydrogen-bond acceptors (Lipinski definition) is 5. The van der Waals surface area contributed by atoms with E-state index < -0.39 is 11.7 Å². The molecule has 0 saturated heterocycles. The zero-order chi connectivity index (χ0) is 22.3. The lowest BCUT2D eigenvalue weighted by Gasteiger charge is -2.11. The zero-order valence-corrected chi connectivity index (χ0v) is 18.4. The number of nitrogens with zero attached hydrogens (tertiary/aromatic N) is 2. The van der Waals surface area contributed by atoms with Crippen LogP contribution in [-0.4, -0.2) is 26.2 Å². The maximum Gasteiger partial charge on any atom is 0.289 e. The smallest absolute Gasteiger partial charge is 0.289 e. The van der Waals surface area contributed by atoms with E-state index in [9.17, 15) is 14.7 Å². The van der Waals surface area contributed by atoms with E-state index >= 15 is 0 Å². The molecule has 1 aromatic carbocycles. The molecule has 0 atom stereocenters. The predicted octanol–water partition coefficient (Wildman–Crippen LogP) is 4.21. The molecule has 1 amide bonds. The van der Waals surface area contributed by atoms with E-state index in [1.54, 1.807) is 28.9 Å². The number of rotatable bonds is 6. The fourth-order valence-corrected chi connectivity index (χ4v) is 5.03. The van der Waals surface area contributed by atoms with Gasteiger partial charge < -0.3 is 15.2 Å². The van der Waals surface area contributed by atoms with Crippen molar-refractivity contribution in [1.82, 2.24) is 9.38 Å². The van der Waals surface area contributed by atoms with Gasteiger partial charge in [-0.2, -0.15) is 0 Å². The molecular weight excluding hydrogens is 410 g/mol. The summed E-state index contributed by atoms with van der Waals surface area (Å²) in [6.45, 7) is 5.77. The summed E-state index contributed by atoms with van der Waals surface area (Å²) in [5, 5.41) is 10.6. The van der Waals surface area contributed by atoms with Crippen LogP contribution in [0.2, 0.25) is 0 Å². The molecule has 0 bridgehead atoms. The van der Waals surface area contributed by atoms with Crippen molar-refractivity contribution < 1.29 is 14.7 Å². The standard InChI is InChI=1S/C24H23N3O3S/c1-4-16-18(11-15-7-5-6-8-17(15)19-10-9-14(3)31-19)27-12-13(2)26-24(30)21(27)20(16)22(28)23(25)29/h5-10,12H,4,11H2,1-3H3,(H2,25,29)(H,26,30). The third-order valence-corrected chi connectivity index (χ3v) is 6.45. The lowest BCUT2D eigenvalue weighted by Crippen LogP contribution is -2.24. The molecule has 0 aliphatic rings. The van der Waals surface area contributed by atoms with Crippen molar-refractivity contribution >= 4 is 28.5 Å². The van der Waals surface area contributed by atoms with Crippen molar-refractivity contribution in [3.8, 4) is 16.3 Å². The Morgan fingerprint density at radius 3 is 2.55 bits per heavy atom. The number of aromatic nitrogens is 2. The molecule has 6 nitrogen and oxygen atoms in total. The van der Waals surface area contributed by atoms with Crippen LogP contribution in [0.5, 0.6) is 5.88 Å². The zero-order valence-electron chi connectivity index (χ0n) is 17.6. The molecule has 4 rings (SSSR count). The maximum absolute atomic E-state index is 12.7. The van der Waals surface area contributed by atoms with Gasteiger partial charge in [0.1, 0.15) is 5.52 Å². The molecule has 4 aromatic rings. The number of fused-ring (bicyclic) bond motifs is 1. The largest absolute Gasteiger partial charge is 0.492 e. The number of amides is 1. The van der Waals surface area contributed by atoms with Crippen LogP contribution in [-0.2, 0) is 17.6 Å². The molecular formula is C24H23N3O3S. The minimum atomic E-state index is -1.05. The minimum absolute atomic E-state index is 0.138. The van der Waals surface area contributed by atoms with E-state index in [1.165, 1.54) is 9.75 Å². The third kappa shape index (κ3) is 3.61. The van der Waals surface area contributed by atoms with Crippen LogP contribution in [0.15, 0.2) is 42.6 Å². The lowest BCUT2D eigenvalue weighted by atomic mass is 9.96. The second-order valence-corrected chi connectivity index (χ2v) is 8.80. The van der Waals surface area contributed by atoms with Gasteiger partial charge in [0.15, 0.2) is 0 Å². The first kappa shape index (κ1) is 20.8. The summed E-state index contributed by atoms with van der Waals surface area (Å²) in [6, 6.07) is 12.3. The van der Waals surface area contributed by atoms with Crippen LogP contribution < -0.4 is 5.73 Å². The van der Waals surface area contributed by atoms with Crippen molar-refractivity contribution in [3.63, 3.8) is 0 Å². The van der Waals surface area contributed by atoms with Gasteiger partial charge in [0.2, 0.25) is 5.88 Å². The van der Waals surface area contributed by atoms with E-state index in [2.05, 4.69) is 36.2 Å². The summed E-state index contributed by atoms with van der Waals surface area (Å²) in [6.07, 6.45) is 2.80. The van der Waals surface area contributed by atoms with Gasteiger partial charge in [-0.15, -0.1) is 11.3 Å². The van der Waals surface area contributed by atoms with Gasteiger partial charge >= 0.3 is 0 Å². The molecule has 0 aliphatic carbocycles. The number of nitrogens with two attached hydrogens (primary N) is 1. The third-order valence-electron chi connectivity index (χ3n) is 5.41. The van der Waals surface area contributed by atoms with E-state index in [0.717, 1.165) is 16.8 Å². The molecule has 31 heavy (non-hydrogen) atoms. The molecule has 0 spiro atoms. The van der Waals surface area contributed by atoms with E-state index in [-0.39, 0.29) is 17.0 Å². The molecule has 3 N–H and O–H groups in total. The number of thiophene rings is 1. The van der Waals surface area contributed by atoms with Crippen LogP contribution in [0, 0.1) is 13.8 Å². The second kappa shape index (κ2) is 8.00. The Labute approximate surface area is 184 Å². The number of aromatic hydroxyl groups is 1. The van der Waals surface area contributed by atoms with Gasteiger partial charge in [0.25, 0.3) is 11.7 Å². The Morgan fingerprint density at radius 2 is 1.90 bits per heavy atom. The van der Waals surface area contributed by atoms with Gasteiger partial charge in [-0.1, -0.05) is 31.2 Å². The Kier molecular flexibility index (Phi) is 5.37. The van der Waals surface area contributed by atoms with E-state index in [0.29, 0.717) is 24.1 Å². The molecule has 0 saturated carbocycles. The number of carbonyl (C=O) groups is 2. The monoisotopic (exact) mass is 433 g/mol. The van der Waals surface area contributed by atoms with Gasteiger partial charge in [0.05, 0.1) is 11.3 Å². The van der Waals surface area contributed by atoms with Crippen molar-refractivity contribution in [2.45, 2.75) is 33.6 Å². The van der Waals surface area contributed by atoms with Gasteiger partial charge in [-0.25, -0.2) is 4.98 Å². The summed E-state index contributed by atoms with van der Waals surface area (Å²) < 4.78 is 1.78. The number of benzene rings is 1. The van der Waals surface area contributed by atoms with Gasteiger partial charge in [-0.05, 0) is 49.1 Å². The maximum atomic E-state index is 12.7. The normalized spacial score (nSPS) is 11.2. The van der Waals surface area contributed by atoms with Crippen LogP contribution in [0.3, 0.4) is 0 Å². The first-order valence-corrected chi connectivity index (χ1v) is 10.8. The Bertz CT molecular complexity index is 1330. The quantitative estimate of drug-likeness (QED) is 0.352. The Hall–Kier alpha value is -3.45. The van der Waals surface area contributed by atoms with Crippen LogP contribution in [0.25, 0.3) is 16.0 Å². The van der Waals surface area contributed by atoms with Crippen molar-refractivity contribution in [2.24, 2.45) is 5.73 Å². The van der Waals surface area contributed by atoms with Crippen LogP contribution >= 0.6 is 11.3 Å². The summed E-state index contributed by atoms with van der Waals surface area (Å²) in [7, 11) is 0. The molecule has 0 aliphatic heterocycles. The Balaban J connectivity index is 1.98. The van der Waals surface area contributed by atoms with E-state index in [4.69, 9.17) is 5.73 Å². The Morgan fingerprint density at radius 1 is 1.16 bits per heavy atom. The summed E-state index contributed by atoms with van der Waals surface area (Å²) in [5.74, 6) is -2.15. The first-order valence-electron chi connectivity index (χ1n) is 10.0. The number of hydrogen-bond donors (Lipinski definition) is 2. The fourth-order valence-electron chi connectivity index (χ4n) is 4.10. The summed E-state index contributed by atoms with van der Waals surface area (Å²) in [5.41, 5.74) is 10.0. The molecule has 3 heterocycles. The highest BCUT2D eigenvalue weighted by molar-refractivity contribution is 7.15. The molecule has 3 aromatic heterocycles. The molecule has 0 radical (unpaired) electrons. The van der Waals surface area contributed by atoms with Crippen molar-refractivity contribution in [3.05, 3.63) is 75.6 Å². The number of primary amides is 1. The highest BCUT2D eigenvalue weighted by atomic mass is 32.1. The van der Waals surface area contributed by atoms with Gasteiger partial charge in [-0.3, -0.25) is 9.59 Å². The number of Topliss-reactive ketones (excluding diaryl/α,β-unsaturated/α-hetero) is 1. The fraction of sp³-hybridized carbons (Fsp3) is 0.208. The molecule has 0 fully saturated rings. The topological polar surface area (TPSA) is 97.7 Å². The second-order valence-electron chi connectivity index (χ2n) is 7.52. The molecule has 7 heteroatoms. The minimum Gasteiger partial charge on any atom is -0.492 e. The number of carbonyl (C=O) groups excluding carboxylic acids is 2. The van der Waals surface area contributed by atoms with Crippen LogP contribution in [0.1, 0.15) is 44.7 Å². The first-order chi connectivity index (χ1) is 14.8. The number of aryl methyl sites for hydroxylation is 2.